The molecule has 0 saturated heterocycles. The lowest BCUT2D eigenvalue weighted by atomic mass is 10.0. The van der Waals surface area contributed by atoms with Crippen molar-refractivity contribution in [2.45, 2.75) is 77.7 Å². The summed E-state index contributed by atoms with van der Waals surface area (Å²) < 4.78 is 5.45. The zero-order chi connectivity index (χ0) is 12.5. The SMILES string of the molecule is CCCCCC[CH]C(=O)OC(C)C1CCCC1. The lowest BCUT2D eigenvalue weighted by Gasteiger charge is -2.19. The van der Waals surface area contributed by atoms with Crippen LogP contribution in [0.2, 0.25) is 0 Å². The van der Waals surface area contributed by atoms with Crippen LogP contribution >= 0.6 is 0 Å². The number of hydrogen-bond acceptors (Lipinski definition) is 2. The Hall–Kier alpha value is -0.530. The molecule has 1 fully saturated rings. The molecule has 0 heterocycles. The van der Waals surface area contributed by atoms with Gasteiger partial charge < -0.3 is 4.74 Å². The number of ether oxygens (including phenoxy) is 1. The second-order valence-corrected chi connectivity index (χ2v) is 5.24. The summed E-state index contributed by atoms with van der Waals surface area (Å²) in [5.74, 6) is 0.494. The molecule has 1 rings (SSSR count). The van der Waals surface area contributed by atoms with Gasteiger partial charge in [0.1, 0.15) is 6.10 Å². The van der Waals surface area contributed by atoms with Gasteiger partial charge in [-0.05, 0) is 32.1 Å². The molecule has 2 nitrogen and oxygen atoms in total. The van der Waals surface area contributed by atoms with Crippen LogP contribution in [0.25, 0.3) is 0 Å². The van der Waals surface area contributed by atoms with E-state index in [4.69, 9.17) is 4.74 Å². The minimum Gasteiger partial charge on any atom is -0.462 e. The molecule has 0 amide bonds. The number of carbonyl (C=O) groups is 1. The molecule has 0 aromatic rings. The monoisotopic (exact) mass is 239 g/mol. The molecule has 1 radical (unpaired) electrons. The highest BCUT2D eigenvalue weighted by Crippen LogP contribution is 2.29. The maximum atomic E-state index is 11.6. The predicted molar refractivity (Wildman–Crippen MR) is 70.6 cm³/mol. The van der Waals surface area contributed by atoms with Gasteiger partial charge in [-0.15, -0.1) is 0 Å². The van der Waals surface area contributed by atoms with Crippen LogP contribution in [0.5, 0.6) is 0 Å². The number of rotatable bonds is 8. The van der Waals surface area contributed by atoms with Crippen LogP contribution in [0, 0.1) is 12.3 Å². The predicted octanol–water partition coefficient (Wildman–Crippen LogP) is 4.28. The lowest BCUT2D eigenvalue weighted by molar-refractivity contribution is -0.146. The first kappa shape index (κ1) is 14.5. The average Bonchev–Trinajstić information content (AvgIpc) is 2.82. The molecule has 17 heavy (non-hydrogen) atoms. The quantitative estimate of drug-likeness (QED) is 0.467. The van der Waals surface area contributed by atoms with Crippen LogP contribution in [0.1, 0.15) is 71.6 Å². The van der Waals surface area contributed by atoms with Gasteiger partial charge in [-0.3, -0.25) is 4.79 Å². The minimum atomic E-state index is -0.110. The first-order valence-corrected chi connectivity index (χ1v) is 7.28. The molecular weight excluding hydrogens is 212 g/mol. The van der Waals surface area contributed by atoms with E-state index >= 15 is 0 Å². The first-order chi connectivity index (χ1) is 8.24. The standard InChI is InChI=1S/C15H27O2/c1-3-4-5-6-7-12-15(16)17-13(2)14-10-8-9-11-14/h12-14H,3-11H2,1-2H3. The Labute approximate surface area is 106 Å². The Balaban J connectivity index is 2.03. The Bertz CT molecular complexity index is 207. The highest BCUT2D eigenvalue weighted by molar-refractivity contribution is 5.78. The lowest BCUT2D eigenvalue weighted by Crippen LogP contribution is -2.22. The van der Waals surface area contributed by atoms with Crippen molar-refractivity contribution in [3.05, 3.63) is 6.42 Å². The normalized spacial score (nSPS) is 18.2. The summed E-state index contributed by atoms with van der Waals surface area (Å²) in [6.07, 6.45) is 12.6. The van der Waals surface area contributed by atoms with Crippen molar-refractivity contribution < 1.29 is 9.53 Å². The summed E-state index contributed by atoms with van der Waals surface area (Å²) in [5, 5.41) is 0. The topological polar surface area (TPSA) is 26.3 Å². The van der Waals surface area contributed by atoms with Gasteiger partial charge in [0.25, 0.3) is 0 Å². The van der Waals surface area contributed by atoms with Crippen molar-refractivity contribution >= 4 is 5.97 Å². The number of hydrogen-bond donors (Lipinski definition) is 0. The molecule has 0 N–H and O–H groups in total. The molecule has 2 heteroatoms. The Kier molecular flexibility index (Phi) is 7.30. The number of esters is 1. The molecule has 1 aliphatic carbocycles. The minimum absolute atomic E-state index is 0.108. The van der Waals surface area contributed by atoms with E-state index in [9.17, 15) is 4.79 Å². The fraction of sp³-hybridized carbons (Fsp3) is 0.867. The zero-order valence-electron chi connectivity index (χ0n) is 11.4. The largest absolute Gasteiger partial charge is 0.462 e. The van der Waals surface area contributed by atoms with Crippen LogP contribution in [0.15, 0.2) is 0 Å². The third-order valence-electron chi connectivity index (χ3n) is 3.73. The van der Waals surface area contributed by atoms with Gasteiger partial charge in [0.2, 0.25) is 0 Å². The zero-order valence-corrected chi connectivity index (χ0v) is 11.4. The van der Waals surface area contributed by atoms with Crippen LogP contribution in [-0.4, -0.2) is 12.1 Å². The van der Waals surface area contributed by atoms with Gasteiger partial charge >= 0.3 is 5.97 Å². The van der Waals surface area contributed by atoms with E-state index in [2.05, 4.69) is 6.92 Å². The van der Waals surface area contributed by atoms with E-state index in [1.54, 1.807) is 6.42 Å². The van der Waals surface area contributed by atoms with Gasteiger partial charge in [-0.2, -0.15) is 0 Å². The third kappa shape index (κ3) is 6.09. The highest BCUT2D eigenvalue weighted by atomic mass is 16.5. The van der Waals surface area contributed by atoms with Crippen molar-refractivity contribution in [2.75, 3.05) is 0 Å². The average molecular weight is 239 g/mol. The van der Waals surface area contributed by atoms with E-state index < -0.39 is 0 Å². The van der Waals surface area contributed by atoms with Crippen molar-refractivity contribution in [3.8, 4) is 0 Å². The Morgan fingerprint density at radius 2 is 2.00 bits per heavy atom. The molecule has 99 valence electrons. The van der Waals surface area contributed by atoms with Crippen LogP contribution in [0.4, 0.5) is 0 Å². The Morgan fingerprint density at radius 3 is 2.65 bits per heavy atom. The second-order valence-electron chi connectivity index (χ2n) is 5.24. The van der Waals surface area contributed by atoms with E-state index in [0.717, 1.165) is 12.8 Å². The fourth-order valence-electron chi connectivity index (χ4n) is 2.55. The van der Waals surface area contributed by atoms with E-state index in [-0.39, 0.29) is 12.1 Å². The molecule has 0 spiro atoms. The molecule has 1 saturated carbocycles. The highest BCUT2D eigenvalue weighted by Gasteiger charge is 2.24. The van der Waals surface area contributed by atoms with E-state index in [1.165, 1.54) is 44.9 Å². The fourth-order valence-corrected chi connectivity index (χ4v) is 2.55. The third-order valence-corrected chi connectivity index (χ3v) is 3.73. The Morgan fingerprint density at radius 1 is 1.29 bits per heavy atom. The molecule has 0 aliphatic heterocycles. The molecule has 1 aliphatic rings. The summed E-state index contributed by atoms with van der Waals surface area (Å²) >= 11 is 0. The van der Waals surface area contributed by atoms with Gasteiger partial charge in [0.15, 0.2) is 0 Å². The van der Waals surface area contributed by atoms with Gasteiger partial charge in [0, 0.05) is 0 Å². The van der Waals surface area contributed by atoms with Crippen molar-refractivity contribution in [1.29, 1.82) is 0 Å². The van der Waals surface area contributed by atoms with E-state index in [1.807, 2.05) is 6.92 Å². The molecular formula is C15H27O2. The summed E-state index contributed by atoms with van der Waals surface area (Å²) in [6.45, 7) is 4.24. The maximum Gasteiger partial charge on any atom is 0.310 e. The molecule has 1 unspecified atom stereocenters. The van der Waals surface area contributed by atoms with Crippen LogP contribution < -0.4 is 0 Å². The number of carbonyl (C=O) groups excluding carboxylic acids is 1. The first-order valence-electron chi connectivity index (χ1n) is 7.28. The van der Waals surface area contributed by atoms with Crippen molar-refractivity contribution in [1.82, 2.24) is 0 Å². The molecule has 1 atom stereocenters. The molecule has 0 bridgehead atoms. The summed E-state index contributed by atoms with van der Waals surface area (Å²) in [5.41, 5.74) is 0. The van der Waals surface area contributed by atoms with Gasteiger partial charge in [-0.25, -0.2) is 0 Å². The van der Waals surface area contributed by atoms with E-state index in [0.29, 0.717) is 5.92 Å². The summed E-state index contributed by atoms with van der Waals surface area (Å²) in [6, 6.07) is 0. The van der Waals surface area contributed by atoms with Gasteiger partial charge in [0.05, 0.1) is 6.42 Å². The second kappa shape index (κ2) is 8.54. The van der Waals surface area contributed by atoms with Crippen molar-refractivity contribution in [3.63, 3.8) is 0 Å². The molecule has 0 aromatic heterocycles. The van der Waals surface area contributed by atoms with Gasteiger partial charge in [-0.1, -0.05) is 45.4 Å². The summed E-state index contributed by atoms with van der Waals surface area (Å²) in [4.78, 5) is 11.6. The smallest absolute Gasteiger partial charge is 0.310 e. The maximum absolute atomic E-state index is 11.6. The summed E-state index contributed by atoms with van der Waals surface area (Å²) in [7, 11) is 0. The molecule has 0 aromatic carbocycles. The van der Waals surface area contributed by atoms with Crippen LogP contribution in [0.3, 0.4) is 0 Å². The van der Waals surface area contributed by atoms with Crippen LogP contribution in [-0.2, 0) is 9.53 Å². The van der Waals surface area contributed by atoms with Crippen molar-refractivity contribution in [2.24, 2.45) is 5.92 Å². The number of unbranched alkanes of at least 4 members (excludes halogenated alkanes) is 4.